The second-order valence-corrected chi connectivity index (χ2v) is 1.12. The summed E-state index contributed by atoms with van der Waals surface area (Å²) in [5, 5.41) is 0. The van der Waals surface area contributed by atoms with Gasteiger partial charge in [0.15, 0.2) is 0 Å². The van der Waals surface area contributed by atoms with E-state index in [1.54, 1.807) is 0 Å². The van der Waals surface area contributed by atoms with Gasteiger partial charge in [0.1, 0.15) is 0 Å². The molecule has 0 aliphatic carbocycles. The molecule has 2 N–H and O–H groups in total. The van der Waals surface area contributed by atoms with E-state index in [-0.39, 0.29) is 24.0 Å². The molecule has 17 heavy (non-hydrogen) atoms. The van der Waals surface area contributed by atoms with Gasteiger partial charge < -0.3 is 29.9 Å². The van der Waals surface area contributed by atoms with Crippen molar-refractivity contribution in [2.45, 2.75) is 0 Å². The summed E-state index contributed by atoms with van der Waals surface area (Å²) >= 11 is 0. The van der Waals surface area contributed by atoms with Crippen molar-refractivity contribution < 1.29 is 71.3 Å². The van der Waals surface area contributed by atoms with Crippen molar-refractivity contribution in [1.29, 1.82) is 0 Å². The van der Waals surface area contributed by atoms with Crippen LogP contribution < -0.4 is 24.5 Å². The molecule has 0 atom stereocenters. The maximum atomic E-state index is 8.35. The van der Waals surface area contributed by atoms with Gasteiger partial charge in [-0.05, 0) is 0 Å². The first kappa shape index (κ1) is 43.1. The Bertz CT molecular complexity index is 92.2. The molecular formula is H2O11P5V-5. The Labute approximate surface area is 115 Å². The largest absolute Gasteiger partial charge is 0.772 e. The van der Waals surface area contributed by atoms with Crippen LogP contribution in [0.4, 0.5) is 0 Å². The zero-order chi connectivity index (χ0) is 13.5. The molecule has 17 heteroatoms. The first-order valence-corrected chi connectivity index (χ1v) is 5.48. The van der Waals surface area contributed by atoms with Gasteiger partial charge in [-0.25, -0.2) is 0 Å². The topological polar surface area (TPSA) is 232 Å². The average molecular weight is 384 g/mol. The summed E-state index contributed by atoms with van der Waals surface area (Å²) in [4.78, 5) is 41.7. The van der Waals surface area contributed by atoms with Crippen molar-refractivity contribution >= 4 is 43.4 Å². The standard InChI is InChI=1S/5HO2P.H2O.V/c5*1-3-2;;/h5*(H,1,2);1H2;/p-5. The minimum Gasteiger partial charge on any atom is -0.772 e. The molecule has 0 aromatic heterocycles. The molecule has 0 aliphatic rings. The van der Waals surface area contributed by atoms with Gasteiger partial charge in [-0.15, -0.1) is 0 Å². The van der Waals surface area contributed by atoms with Crippen molar-refractivity contribution in [3.63, 3.8) is 0 Å². The Kier molecular flexibility index (Phi) is 314. The SMILES string of the molecule is O.O=P[O-].O=P[O-].O=P[O-].O=P[O-].O=P[O-].[V]. The monoisotopic (exact) mass is 384 g/mol. The number of rotatable bonds is 0. The molecule has 0 unspecified atom stereocenters. The Morgan fingerprint density at radius 2 is 0.471 bits per heavy atom. The molecule has 0 bridgehead atoms. The molecule has 103 valence electrons. The summed E-state index contributed by atoms with van der Waals surface area (Å²) in [5.74, 6) is 0. The predicted octanol–water partition coefficient (Wildman–Crippen LogP) is -3.06. The average Bonchev–Trinajstić information content (AvgIpc) is 2.09. The molecule has 0 rings (SSSR count). The van der Waals surface area contributed by atoms with Crippen LogP contribution in [0.3, 0.4) is 0 Å². The van der Waals surface area contributed by atoms with Gasteiger partial charge in [-0.2, -0.15) is 0 Å². The second-order valence-electron chi connectivity index (χ2n) is 0.373. The molecule has 0 amide bonds. The molecule has 1 radical (unpaired) electrons. The van der Waals surface area contributed by atoms with Gasteiger partial charge in [0, 0.05) is 18.6 Å². The van der Waals surface area contributed by atoms with Crippen molar-refractivity contribution in [2.75, 3.05) is 0 Å². The van der Waals surface area contributed by atoms with Crippen molar-refractivity contribution in [3.8, 4) is 0 Å². The molecule has 11 nitrogen and oxygen atoms in total. The van der Waals surface area contributed by atoms with E-state index in [0.29, 0.717) is 0 Å². The van der Waals surface area contributed by atoms with E-state index < -0.39 is 43.4 Å². The van der Waals surface area contributed by atoms with Gasteiger partial charge in [-0.1, -0.05) is 0 Å². The summed E-state index contributed by atoms with van der Waals surface area (Å²) in [6, 6.07) is 0. The Morgan fingerprint density at radius 3 is 0.471 bits per heavy atom. The zero-order valence-electron chi connectivity index (χ0n) is 7.27. The summed E-state index contributed by atoms with van der Waals surface area (Å²) in [5.41, 5.74) is 0. The Morgan fingerprint density at radius 1 is 0.471 bits per heavy atom. The molecule has 0 spiro atoms. The minimum atomic E-state index is -1.08. The summed E-state index contributed by atoms with van der Waals surface area (Å²) in [6.07, 6.45) is 0. The molecular weight excluding hydrogens is 382 g/mol. The molecule has 0 aromatic carbocycles. The van der Waals surface area contributed by atoms with Crippen molar-refractivity contribution in [2.24, 2.45) is 0 Å². The van der Waals surface area contributed by atoms with Crippen molar-refractivity contribution in [1.82, 2.24) is 0 Å². The minimum absolute atomic E-state index is 0. The van der Waals surface area contributed by atoms with Crippen LogP contribution in [0, 0.1) is 0 Å². The van der Waals surface area contributed by atoms with Gasteiger partial charge in [0.2, 0.25) is 0 Å². The molecule has 0 saturated heterocycles. The third-order valence-electron chi connectivity index (χ3n) is 0. The summed E-state index contributed by atoms with van der Waals surface area (Å²) in [7, 11) is -5.42. The zero-order valence-corrected chi connectivity index (χ0v) is 13.1. The molecule has 0 aliphatic heterocycles. The van der Waals surface area contributed by atoms with Crippen LogP contribution in [0.1, 0.15) is 0 Å². The number of hydrogen-bond donors (Lipinski definition) is 0. The quantitative estimate of drug-likeness (QED) is 0.382. The van der Waals surface area contributed by atoms with Crippen LogP contribution in [0.25, 0.3) is 0 Å². The fourth-order valence-electron chi connectivity index (χ4n) is 0. The van der Waals surface area contributed by atoms with Crippen LogP contribution in [0.15, 0.2) is 0 Å². The van der Waals surface area contributed by atoms with E-state index in [2.05, 4.69) is 0 Å². The fourth-order valence-corrected chi connectivity index (χ4v) is 0. The third kappa shape index (κ3) is 5210. The van der Waals surface area contributed by atoms with Crippen LogP contribution in [0.5, 0.6) is 0 Å². The Balaban J connectivity index is -0.0000000143. The van der Waals surface area contributed by atoms with Gasteiger partial charge in [0.25, 0.3) is 0 Å². The van der Waals surface area contributed by atoms with Crippen LogP contribution in [-0.2, 0) is 41.4 Å². The smallest absolute Gasteiger partial charge is 0.0642 e. The predicted molar refractivity (Wildman–Crippen MR) is 41.6 cm³/mol. The fraction of sp³-hybridized carbons (Fsp3) is 0. The van der Waals surface area contributed by atoms with E-state index in [1.807, 2.05) is 0 Å². The van der Waals surface area contributed by atoms with Crippen LogP contribution in [-0.4, -0.2) is 5.48 Å². The summed E-state index contributed by atoms with van der Waals surface area (Å²) in [6.45, 7) is 0. The molecule has 0 fully saturated rings. The van der Waals surface area contributed by atoms with Gasteiger partial charge in [0.05, 0.1) is 43.4 Å². The van der Waals surface area contributed by atoms with E-state index in [4.69, 9.17) is 47.3 Å². The first-order chi connectivity index (χ1) is 7.07. The van der Waals surface area contributed by atoms with Gasteiger partial charge in [-0.3, -0.25) is 22.8 Å². The van der Waals surface area contributed by atoms with Gasteiger partial charge >= 0.3 is 0 Å². The van der Waals surface area contributed by atoms with E-state index in [0.717, 1.165) is 0 Å². The number of hydrogen-bond acceptors (Lipinski definition) is 10. The first-order valence-electron chi connectivity index (χ1n) is 1.83. The molecule has 0 saturated carbocycles. The van der Waals surface area contributed by atoms with E-state index in [1.165, 1.54) is 0 Å². The van der Waals surface area contributed by atoms with Crippen LogP contribution in [0.2, 0.25) is 0 Å². The third-order valence-corrected chi connectivity index (χ3v) is 0. The summed E-state index contributed by atoms with van der Waals surface area (Å²) < 4.78 is 41.7. The van der Waals surface area contributed by atoms with Crippen LogP contribution >= 0.6 is 43.4 Å². The van der Waals surface area contributed by atoms with E-state index in [9.17, 15) is 0 Å². The van der Waals surface area contributed by atoms with Crippen molar-refractivity contribution in [3.05, 3.63) is 0 Å². The van der Waals surface area contributed by atoms with E-state index >= 15 is 0 Å². The second kappa shape index (κ2) is 124. The Hall–Kier alpha value is 0.844. The molecule has 0 heterocycles. The molecule has 0 aromatic rings. The normalized spacial score (nSPS) is 6.18. The maximum Gasteiger partial charge on any atom is 0.0642 e. The maximum absolute atomic E-state index is 8.35.